The van der Waals surface area contributed by atoms with Crippen LogP contribution >= 0.6 is 11.6 Å². The van der Waals surface area contributed by atoms with Gasteiger partial charge in [-0.3, -0.25) is 9.52 Å². The van der Waals surface area contributed by atoms with Crippen LogP contribution in [-0.2, 0) is 10.0 Å². The number of anilines is 1. The molecule has 0 bridgehead atoms. The predicted octanol–water partition coefficient (Wildman–Crippen LogP) is 3.62. The van der Waals surface area contributed by atoms with Gasteiger partial charge in [0, 0.05) is 16.3 Å². The number of hydrogen-bond acceptors (Lipinski definition) is 6. The van der Waals surface area contributed by atoms with Crippen molar-refractivity contribution in [2.75, 3.05) is 11.8 Å². The van der Waals surface area contributed by atoms with E-state index in [0.29, 0.717) is 16.3 Å². The van der Waals surface area contributed by atoms with Crippen LogP contribution in [0.2, 0.25) is 5.02 Å². The number of hydrazone groups is 1. The van der Waals surface area contributed by atoms with Crippen molar-refractivity contribution < 1.29 is 23.1 Å². The summed E-state index contributed by atoms with van der Waals surface area (Å²) in [5.74, 6) is -0.198. The van der Waals surface area contributed by atoms with Crippen LogP contribution in [0.1, 0.15) is 15.9 Å². The Bertz CT molecular complexity index is 1210. The Kier molecular flexibility index (Phi) is 6.78. The number of carbonyl (C=O) groups is 1. The fraction of sp³-hybridized carbons (Fsp3) is 0.0476. The minimum atomic E-state index is -3.78. The van der Waals surface area contributed by atoms with E-state index in [1.54, 1.807) is 12.1 Å². The molecular formula is C21H18ClN3O5S. The van der Waals surface area contributed by atoms with Crippen molar-refractivity contribution in [1.82, 2.24) is 5.43 Å². The zero-order valence-electron chi connectivity index (χ0n) is 16.2. The molecule has 0 heterocycles. The highest BCUT2D eigenvalue weighted by molar-refractivity contribution is 7.92. The third-order valence-corrected chi connectivity index (χ3v) is 5.76. The number of aromatic hydroxyl groups is 1. The molecule has 0 saturated heterocycles. The van der Waals surface area contributed by atoms with Crippen molar-refractivity contribution in [2.45, 2.75) is 4.90 Å². The Morgan fingerprint density at radius 1 is 1.06 bits per heavy atom. The number of phenolic OH excluding ortho intramolecular Hbond substituents is 1. The zero-order valence-corrected chi connectivity index (χ0v) is 17.8. The summed E-state index contributed by atoms with van der Waals surface area (Å²) in [7, 11) is -2.35. The van der Waals surface area contributed by atoms with Crippen LogP contribution in [0.25, 0.3) is 0 Å². The lowest BCUT2D eigenvalue weighted by Gasteiger charge is -2.09. The number of methoxy groups -OCH3 is 1. The normalized spacial score (nSPS) is 11.3. The molecule has 0 atom stereocenters. The number of benzene rings is 3. The second-order valence-electron chi connectivity index (χ2n) is 6.27. The van der Waals surface area contributed by atoms with Gasteiger partial charge in [0.2, 0.25) is 0 Å². The van der Waals surface area contributed by atoms with Crippen LogP contribution in [0.4, 0.5) is 5.69 Å². The quantitative estimate of drug-likeness (QED) is 0.368. The molecule has 0 aliphatic rings. The van der Waals surface area contributed by atoms with Gasteiger partial charge in [0.15, 0.2) is 11.5 Å². The fourth-order valence-corrected chi connectivity index (χ4v) is 3.71. The number of nitrogens with zero attached hydrogens (tertiary/aromatic N) is 1. The molecule has 3 N–H and O–H groups in total. The Morgan fingerprint density at radius 2 is 1.74 bits per heavy atom. The first-order valence-corrected chi connectivity index (χ1v) is 10.7. The van der Waals surface area contributed by atoms with E-state index in [-0.39, 0.29) is 22.0 Å². The molecule has 8 nitrogen and oxygen atoms in total. The highest BCUT2D eigenvalue weighted by Gasteiger charge is 2.14. The van der Waals surface area contributed by atoms with Crippen LogP contribution in [0.5, 0.6) is 11.5 Å². The van der Waals surface area contributed by atoms with Gasteiger partial charge in [-0.25, -0.2) is 13.8 Å². The summed E-state index contributed by atoms with van der Waals surface area (Å²) in [6, 6.07) is 16.3. The van der Waals surface area contributed by atoms with Crippen molar-refractivity contribution in [3.8, 4) is 11.5 Å². The lowest BCUT2D eigenvalue weighted by molar-refractivity contribution is 0.0955. The standard InChI is InChI=1S/C21H18ClN3O5S/c1-30-20-12-14(2-11-19(20)26)13-23-24-21(27)15-3-7-17(8-4-15)25-31(28,29)18-9-5-16(22)6-10-18/h2-13,25-26H,1H3,(H,24,27)/b23-13-. The monoisotopic (exact) mass is 459 g/mol. The van der Waals surface area contributed by atoms with E-state index < -0.39 is 15.9 Å². The highest BCUT2D eigenvalue weighted by Crippen LogP contribution is 2.25. The summed E-state index contributed by atoms with van der Waals surface area (Å²) >= 11 is 5.78. The molecule has 0 aliphatic heterocycles. The summed E-state index contributed by atoms with van der Waals surface area (Å²) < 4.78 is 32.2. The molecule has 0 spiro atoms. The summed E-state index contributed by atoms with van der Waals surface area (Å²) in [6.45, 7) is 0. The maximum atomic E-state index is 12.4. The molecule has 0 radical (unpaired) electrons. The second-order valence-corrected chi connectivity index (χ2v) is 8.39. The molecule has 0 saturated carbocycles. The first-order chi connectivity index (χ1) is 14.8. The van der Waals surface area contributed by atoms with E-state index in [0.717, 1.165) is 0 Å². The van der Waals surface area contributed by atoms with E-state index >= 15 is 0 Å². The van der Waals surface area contributed by atoms with Crippen LogP contribution in [-0.4, -0.2) is 32.8 Å². The Morgan fingerprint density at radius 3 is 2.39 bits per heavy atom. The van der Waals surface area contributed by atoms with Crippen molar-refractivity contribution in [1.29, 1.82) is 0 Å². The van der Waals surface area contributed by atoms with E-state index in [1.807, 2.05) is 0 Å². The van der Waals surface area contributed by atoms with Gasteiger partial charge in [-0.2, -0.15) is 5.10 Å². The molecule has 0 unspecified atom stereocenters. The van der Waals surface area contributed by atoms with Gasteiger partial charge in [0.05, 0.1) is 18.2 Å². The van der Waals surface area contributed by atoms with Gasteiger partial charge in [0.25, 0.3) is 15.9 Å². The molecule has 1 amide bonds. The van der Waals surface area contributed by atoms with Gasteiger partial charge in [0.1, 0.15) is 0 Å². The van der Waals surface area contributed by atoms with Crippen molar-refractivity contribution in [3.63, 3.8) is 0 Å². The van der Waals surface area contributed by atoms with E-state index in [4.69, 9.17) is 16.3 Å². The molecular weight excluding hydrogens is 442 g/mol. The molecule has 3 rings (SSSR count). The number of nitrogens with one attached hydrogen (secondary N) is 2. The first kappa shape index (κ1) is 22.1. The Balaban J connectivity index is 1.63. The van der Waals surface area contributed by atoms with Crippen molar-refractivity contribution in [3.05, 3.63) is 82.9 Å². The maximum absolute atomic E-state index is 12.4. The molecule has 0 fully saturated rings. The van der Waals surface area contributed by atoms with Crippen LogP contribution < -0.4 is 14.9 Å². The van der Waals surface area contributed by atoms with Gasteiger partial charge in [-0.15, -0.1) is 0 Å². The second kappa shape index (κ2) is 9.50. The minimum Gasteiger partial charge on any atom is -0.504 e. The maximum Gasteiger partial charge on any atom is 0.271 e. The van der Waals surface area contributed by atoms with Crippen LogP contribution in [0, 0.1) is 0 Å². The zero-order chi connectivity index (χ0) is 22.4. The van der Waals surface area contributed by atoms with Gasteiger partial charge < -0.3 is 9.84 Å². The minimum absolute atomic E-state index is 0.00420. The molecule has 31 heavy (non-hydrogen) atoms. The number of hydrogen-bond donors (Lipinski definition) is 3. The first-order valence-electron chi connectivity index (χ1n) is 8.87. The smallest absolute Gasteiger partial charge is 0.271 e. The van der Waals surface area contributed by atoms with Crippen LogP contribution in [0.15, 0.2) is 76.7 Å². The van der Waals surface area contributed by atoms with Gasteiger partial charge in [-0.05, 0) is 72.3 Å². The summed E-state index contributed by atoms with van der Waals surface area (Å²) in [5.41, 5.74) is 3.57. The fourth-order valence-electron chi connectivity index (χ4n) is 2.52. The van der Waals surface area contributed by atoms with E-state index in [1.165, 1.54) is 67.9 Å². The number of carbonyl (C=O) groups excluding carboxylic acids is 1. The van der Waals surface area contributed by atoms with Crippen LogP contribution in [0.3, 0.4) is 0 Å². The summed E-state index contributed by atoms with van der Waals surface area (Å²) in [6.07, 6.45) is 1.40. The number of halogens is 1. The molecule has 3 aromatic carbocycles. The lowest BCUT2D eigenvalue weighted by Crippen LogP contribution is -2.18. The largest absolute Gasteiger partial charge is 0.504 e. The van der Waals surface area contributed by atoms with Crippen molar-refractivity contribution in [2.24, 2.45) is 5.10 Å². The molecule has 0 aliphatic carbocycles. The number of phenols is 1. The lowest BCUT2D eigenvalue weighted by atomic mass is 10.2. The molecule has 0 aromatic heterocycles. The molecule has 3 aromatic rings. The highest BCUT2D eigenvalue weighted by atomic mass is 35.5. The number of sulfonamides is 1. The number of rotatable bonds is 7. The summed E-state index contributed by atoms with van der Waals surface area (Å²) in [5, 5.41) is 13.9. The average Bonchev–Trinajstić information content (AvgIpc) is 2.75. The summed E-state index contributed by atoms with van der Waals surface area (Å²) in [4.78, 5) is 12.3. The topological polar surface area (TPSA) is 117 Å². The van der Waals surface area contributed by atoms with E-state index in [9.17, 15) is 18.3 Å². The third kappa shape index (κ3) is 5.74. The Labute approximate surface area is 184 Å². The Hall–Kier alpha value is -3.56. The average molecular weight is 460 g/mol. The number of ether oxygens (including phenoxy) is 1. The third-order valence-electron chi connectivity index (χ3n) is 4.11. The predicted molar refractivity (Wildman–Crippen MR) is 118 cm³/mol. The van der Waals surface area contributed by atoms with Gasteiger partial charge >= 0.3 is 0 Å². The molecule has 160 valence electrons. The molecule has 10 heteroatoms. The van der Waals surface area contributed by atoms with Crippen molar-refractivity contribution >= 4 is 39.4 Å². The van der Waals surface area contributed by atoms with Gasteiger partial charge in [-0.1, -0.05) is 11.6 Å². The number of amides is 1. The van der Waals surface area contributed by atoms with E-state index in [2.05, 4.69) is 15.2 Å². The SMILES string of the molecule is COc1cc(/C=N\NC(=O)c2ccc(NS(=O)(=O)c3ccc(Cl)cc3)cc2)ccc1O.